The number of hydrogen-bond acceptors (Lipinski definition) is 4. The van der Waals surface area contributed by atoms with Gasteiger partial charge in [-0.1, -0.05) is 6.07 Å². The van der Waals surface area contributed by atoms with Gasteiger partial charge < -0.3 is 5.11 Å². The first-order valence-electron chi connectivity index (χ1n) is 7.02. The molecule has 0 aliphatic carbocycles. The Morgan fingerprint density at radius 2 is 2.30 bits per heavy atom. The van der Waals surface area contributed by atoms with Gasteiger partial charge in [0.1, 0.15) is 0 Å². The van der Waals surface area contributed by atoms with Gasteiger partial charge in [0.2, 0.25) is 0 Å². The van der Waals surface area contributed by atoms with E-state index in [0.29, 0.717) is 0 Å². The largest absolute Gasteiger partial charge is 0.391 e. The van der Waals surface area contributed by atoms with Crippen LogP contribution in [-0.2, 0) is 20.0 Å². The number of rotatable bonds is 4. The highest BCUT2D eigenvalue weighted by molar-refractivity contribution is 5.10. The molecule has 2 aromatic rings. The summed E-state index contributed by atoms with van der Waals surface area (Å²) < 4.78 is 1.81. The van der Waals surface area contributed by atoms with Gasteiger partial charge in [0.05, 0.1) is 18.0 Å². The summed E-state index contributed by atoms with van der Waals surface area (Å²) in [6.07, 6.45) is 7.12. The number of aromatic nitrogens is 3. The number of likely N-dealkylation sites (tertiary alicyclic amines) is 1. The minimum atomic E-state index is -0.265. The van der Waals surface area contributed by atoms with Crippen LogP contribution in [-0.4, -0.2) is 43.5 Å². The van der Waals surface area contributed by atoms with Crippen LogP contribution >= 0.6 is 0 Å². The van der Waals surface area contributed by atoms with Crippen molar-refractivity contribution >= 4 is 0 Å². The van der Waals surface area contributed by atoms with Crippen molar-refractivity contribution in [3.63, 3.8) is 0 Å². The van der Waals surface area contributed by atoms with E-state index in [1.54, 1.807) is 4.68 Å². The highest BCUT2D eigenvalue weighted by atomic mass is 16.3. The molecule has 1 saturated heterocycles. The van der Waals surface area contributed by atoms with Crippen molar-refractivity contribution in [2.45, 2.75) is 31.5 Å². The van der Waals surface area contributed by atoms with E-state index in [9.17, 15) is 5.11 Å². The summed E-state index contributed by atoms with van der Waals surface area (Å²) >= 11 is 0. The lowest BCUT2D eigenvalue weighted by Crippen LogP contribution is -2.36. The molecule has 1 aliphatic rings. The second-order valence-corrected chi connectivity index (χ2v) is 5.44. The molecular weight excluding hydrogens is 252 g/mol. The van der Waals surface area contributed by atoms with Crippen molar-refractivity contribution in [2.24, 2.45) is 7.05 Å². The van der Waals surface area contributed by atoms with E-state index in [2.05, 4.69) is 15.0 Å². The van der Waals surface area contributed by atoms with Crippen LogP contribution in [0, 0.1) is 0 Å². The summed E-state index contributed by atoms with van der Waals surface area (Å²) in [5.74, 6) is 0. The summed E-state index contributed by atoms with van der Waals surface area (Å²) in [4.78, 5) is 6.69. The van der Waals surface area contributed by atoms with Crippen molar-refractivity contribution in [3.05, 3.63) is 48.0 Å². The summed E-state index contributed by atoms with van der Waals surface area (Å²) in [5, 5.41) is 14.4. The fraction of sp³-hybridized carbons (Fsp3) is 0.467. The van der Waals surface area contributed by atoms with Crippen LogP contribution < -0.4 is 0 Å². The molecule has 0 amide bonds. The molecule has 2 atom stereocenters. The predicted octanol–water partition coefficient (Wildman–Crippen LogP) is 0.993. The first-order chi connectivity index (χ1) is 9.72. The first kappa shape index (κ1) is 13.3. The maximum absolute atomic E-state index is 10.2. The molecular formula is C15H20N4O. The fourth-order valence-corrected chi connectivity index (χ4v) is 2.88. The SMILES string of the molecule is Cn1cc(C[C@H]2[C@H](O)CCN2Cc2ccccn2)cn1. The van der Waals surface area contributed by atoms with Gasteiger partial charge in [-0.25, -0.2) is 0 Å². The molecule has 0 saturated carbocycles. The van der Waals surface area contributed by atoms with Crippen LogP contribution in [0.4, 0.5) is 0 Å². The van der Waals surface area contributed by atoms with Gasteiger partial charge in [-0.3, -0.25) is 14.6 Å². The van der Waals surface area contributed by atoms with Gasteiger partial charge in [-0.05, 0) is 30.5 Å². The quantitative estimate of drug-likeness (QED) is 0.902. The maximum Gasteiger partial charge on any atom is 0.0711 e. The summed E-state index contributed by atoms with van der Waals surface area (Å²) in [5.41, 5.74) is 2.22. The molecule has 2 aromatic heterocycles. The minimum Gasteiger partial charge on any atom is -0.391 e. The molecule has 0 spiro atoms. The normalized spacial score (nSPS) is 23.3. The Labute approximate surface area is 118 Å². The molecule has 5 heteroatoms. The van der Waals surface area contributed by atoms with Crippen molar-refractivity contribution in [3.8, 4) is 0 Å². The van der Waals surface area contributed by atoms with Gasteiger partial charge in [0.15, 0.2) is 0 Å². The van der Waals surface area contributed by atoms with Crippen LogP contribution in [0.2, 0.25) is 0 Å². The maximum atomic E-state index is 10.2. The molecule has 5 nitrogen and oxygen atoms in total. The number of nitrogens with zero attached hydrogens (tertiary/aromatic N) is 4. The molecule has 0 bridgehead atoms. The molecule has 1 fully saturated rings. The van der Waals surface area contributed by atoms with Gasteiger partial charge in [-0.2, -0.15) is 5.10 Å². The summed E-state index contributed by atoms with van der Waals surface area (Å²) in [6.45, 7) is 1.71. The highest BCUT2D eigenvalue weighted by Gasteiger charge is 2.33. The van der Waals surface area contributed by atoms with E-state index >= 15 is 0 Å². The molecule has 106 valence electrons. The van der Waals surface area contributed by atoms with Crippen molar-refractivity contribution in [2.75, 3.05) is 6.54 Å². The van der Waals surface area contributed by atoms with Crippen LogP contribution in [0.25, 0.3) is 0 Å². The number of aliphatic hydroxyl groups is 1. The van der Waals surface area contributed by atoms with Crippen LogP contribution in [0.3, 0.4) is 0 Å². The molecule has 0 unspecified atom stereocenters. The van der Waals surface area contributed by atoms with Crippen LogP contribution in [0.5, 0.6) is 0 Å². The average Bonchev–Trinajstić information content (AvgIpc) is 3.01. The Kier molecular flexibility index (Phi) is 3.80. The number of aliphatic hydroxyl groups excluding tert-OH is 1. The third-order valence-electron chi connectivity index (χ3n) is 3.92. The Morgan fingerprint density at radius 1 is 1.40 bits per heavy atom. The number of aryl methyl sites for hydroxylation is 1. The van der Waals surface area contributed by atoms with Crippen LogP contribution in [0.15, 0.2) is 36.8 Å². The van der Waals surface area contributed by atoms with E-state index < -0.39 is 0 Å². The lowest BCUT2D eigenvalue weighted by molar-refractivity contribution is 0.112. The average molecular weight is 272 g/mol. The summed E-state index contributed by atoms with van der Waals surface area (Å²) in [6, 6.07) is 6.12. The van der Waals surface area contributed by atoms with Crippen LogP contribution in [0.1, 0.15) is 17.7 Å². The Hall–Kier alpha value is -1.72. The highest BCUT2D eigenvalue weighted by Crippen LogP contribution is 2.23. The standard InChI is InChI=1S/C15H20N4O/c1-18-10-12(9-17-18)8-14-15(20)5-7-19(14)11-13-4-2-3-6-16-13/h2-4,6,9-10,14-15,20H,5,7-8,11H2,1H3/t14-,15+/m0/s1. The van der Waals surface area contributed by atoms with E-state index in [1.807, 2.05) is 43.8 Å². The molecule has 0 aromatic carbocycles. The Balaban J connectivity index is 1.70. The molecule has 0 radical (unpaired) electrons. The van der Waals surface area contributed by atoms with Crippen molar-refractivity contribution in [1.82, 2.24) is 19.7 Å². The second-order valence-electron chi connectivity index (χ2n) is 5.44. The number of pyridine rings is 1. The summed E-state index contributed by atoms with van der Waals surface area (Å²) in [7, 11) is 1.92. The van der Waals surface area contributed by atoms with Crippen molar-refractivity contribution < 1.29 is 5.11 Å². The predicted molar refractivity (Wildman–Crippen MR) is 76.0 cm³/mol. The monoisotopic (exact) mass is 272 g/mol. The van der Waals surface area contributed by atoms with Gasteiger partial charge in [-0.15, -0.1) is 0 Å². The Morgan fingerprint density at radius 3 is 3.00 bits per heavy atom. The van der Waals surface area contributed by atoms with E-state index in [0.717, 1.165) is 31.6 Å². The topological polar surface area (TPSA) is 54.2 Å². The fourth-order valence-electron chi connectivity index (χ4n) is 2.88. The molecule has 3 heterocycles. The molecule has 3 rings (SSSR count). The molecule has 1 N–H and O–H groups in total. The lowest BCUT2D eigenvalue weighted by atomic mass is 10.0. The third kappa shape index (κ3) is 2.89. The zero-order chi connectivity index (χ0) is 13.9. The van der Waals surface area contributed by atoms with Gasteiger partial charge in [0.25, 0.3) is 0 Å². The Bertz CT molecular complexity index is 554. The molecule has 1 aliphatic heterocycles. The smallest absolute Gasteiger partial charge is 0.0711 e. The van der Waals surface area contributed by atoms with Gasteiger partial charge >= 0.3 is 0 Å². The zero-order valence-electron chi connectivity index (χ0n) is 11.7. The first-order valence-corrected chi connectivity index (χ1v) is 7.02. The zero-order valence-corrected chi connectivity index (χ0v) is 11.7. The third-order valence-corrected chi connectivity index (χ3v) is 3.92. The molecule has 20 heavy (non-hydrogen) atoms. The van der Waals surface area contributed by atoms with Gasteiger partial charge in [0, 0.05) is 38.6 Å². The van der Waals surface area contributed by atoms with Crippen molar-refractivity contribution in [1.29, 1.82) is 0 Å². The second kappa shape index (κ2) is 5.73. The minimum absolute atomic E-state index is 0.154. The van der Waals surface area contributed by atoms with E-state index in [4.69, 9.17) is 0 Å². The van der Waals surface area contributed by atoms with E-state index in [1.165, 1.54) is 5.56 Å². The number of hydrogen-bond donors (Lipinski definition) is 1. The van der Waals surface area contributed by atoms with E-state index in [-0.39, 0.29) is 12.1 Å². The lowest BCUT2D eigenvalue weighted by Gasteiger charge is -2.25.